The molecule has 0 fully saturated rings. The molecule has 160 valence electrons. The number of nitriles is 1. The summed E-state index contributed by atoms with van der Waals surface area (Å²) in [5, 5.41) is 22.7. The standard InChI is InChI=1S/C23H22N2O5S/c1-2-29-20-10-16(8-9-19(20)26)17-11-21(27)25-23(18(17)12-24)31-14-22(28)30-13-15-6-4-3-5-7-15/h3-10,17,26H,2,11,13-14H2,1H3,(H,25,27)/t17-/m1/s1. The molecule has 8 heteroatoms. The van der Waals surface area contributed by atoms with Crippen molar-refractivity contribution in [3.63, 3.8) is 0 Å². The third kappa shape index (κ3) is 5.80. The Balaban J connectivity index is 1.73. The maximum absolute atomic E-state index is 12.3. The molecular formula is C23H22N2O5S. The molecule has 1 aliphatic heterocycles. The zero-order valence-corrected chi connectivity index (χ0v) is 17.8. The van der Waals surface area contributed by atoms with E-state index in [4.69, 9.17) is 9.47 Å². The van der Waals surface area contributed by atoms with E-state index < -0.39 is 11.9 Å². The number of nitrogens with zero attached hydrogens (tertiary/aromatic N) is 1. The lowest BCUT2D eigenvalue weighted by molar-refractivity contribution is -0.141. The molecule has 2 aromatic carbocycles. The van der Waals surface area contributed by atoms with Crippen LogP contribution in [0.5, 0.6) is 11.5 Å². The summed E-state index contributed by atoms with van der Waals surface area (Å²) < 4.78 is 10.7. The number of carbonyl (C=O) groups excluding carboxylic acids is 2. The molecule has 2 N–H and O–H groups in total. The van der Waals surface area contributed by atoms with E-state index in [0.717, 1.165) is 17.3 Å². The first-order valence-corrected chi connectivity index (χ1v) is 10.7. The van der Waals surface area contributed by atoms with Gasteiger partial charge in [0.05, 0.1) is 29.0 Å². The van der Waals surface area contributed by atoms with Crippen molar-refractivity contribution in [2.75, 3.05) is 12.4 Å². The second kappa shape index (κ2) is 10.5. The van der Waals surface area contributed by atoms with Crippen LogP contribution < -0.4 is 10.1 Å². The van der Waals surface area contributed by atoms with Gasteiger partial charge >= 0.3 is 5.97 Å². The summed E-state index contributed by atoms with van der Waals surface area (Å²) in [4.78, 5) is 24.4. The fourth-order valence-electron chi connectivity index (χ4n) is 3.15. The predicted octanol–water partition coefficient (Wildman–Crippen LogP) is 3.61. The van der Waals surface area contributed by atoms with Crippen molar-refractivity contribution < 1.29 is 24.2 Å². The highest BCUT2D eigenvalue weighted by atomic mass is 32.2. The molecule has 0 saturated heterocycles. The van der Waals surface area contributed by atoms with Crippen LogP contribution in [0, 0.1) is 11.3 Å². The van der Waals surface area contributed by atoms with Crippen LogP contribution in [0.15, 0.2) is 59.1 Å². The lowest BCUT2D eigenvalue weighted by Gasteiger charge is -2.25. The summed E-state index contributed by atoms with van der Waals surface area (Å²) in [6, 6.07) is 16.3. The number of aromatic hydroxyl groups is 1. The molecule has 1 aliphatic rings. The van der Waals surface area contributed by atoms with E-state index in [1.54, 1.807) is 19.1 Å². The van der Waals surface area contributed by atoms with Crippen molar-refractivity contribution in [3.8, 4) is 17.6 Å². The van der Waals surface area contributed by atoms with E-state index in [1.807, 2.05) is 30.3 Å². The summed E-state index contributed by atoms with van der Waals surface area (Å²) in [5.41, 5.74) is 1.91. The Labute approximate surface area is 184 Å². The molecule has 7 nitrogen and oxygen atoms in total. The fourth-order valence-corrected chi connectivity index (χ4v) is 4.02. The van der Waals surface area contributed by atoms with Crippen LogP contribution in [-0.4, -0.2) is 29.3 Å². The van der Waals surface area contributed by atoms with E-state index in [-0.39, 0.29) is 30.4 Å². The molecule has 0 saturated carbocycles. The first-order chi connectivity index (χ1) is 15.0. The van der Waals surface area contributed by atoms with Crippen LogP contribution in [0.4, 0.5) is 0 Å². The van der Waals surface area contributed by atoms with Gasteiger partial charge < -0.3 is 19.9 Å². The third-order valence-electron chi connectivity index (χ3n) is 4.62. The highest BCUT2D eigenvalue weighted by Gasteiger charge is 2.30. The summed E-state index contributed by atoms with van der Waals surface area (Å²) in [6.45, 7) is 2.33. The van der Waals surface area contributed by atoms with E-state index in [2.05, 4.69) is 11.4 Å². The Morgan fingerprint density at radius 3 is 2.77 bits per heavy atom. The van der Waals surface area contributed by atoms with Gasteiger partial charge in [-0.25, -0.2) is 0 Å². The molecule has 1 atom stereocenters. The Hall–Kier alpha value is -3.44. The molecular weight excluding hydrogens is 416 g/mol. The number of phenolic OH excluding ortho intramolecular Hbond substituents is 1. The van der Waals surface area contributed by atoms with Gasteiger partial charge in [-0.2, -0.15) is 5.26 Å². The zero-order valence-electron chi connectivity index (χ0n) is 17.0. The van der Waals surface area contributed by atoms with E-state index in [1.165, 1.54) is 6.07 Å². The van der Waals surface area contributed by atoms with Gasteiger partial charge in [0.1, 0.15) is 6.61 Å². The number of hydrogen-bond donors (Lipinski definition) is 2. The normalized spacial score (nSPS) is 15.7. The third-order valence-corrected chi connectivity index (χ3v) is 5.61. The van der Waals surface area contributed by atoms with Crippen LogP contribution >= 0.6 is 11.8 Å². The van der Waals surface area contributed by atoms with E-state index in [9.17, 15) is 20.0 Å². The van der Waals surface area contributed by atoms with Crippen molar-refractivity contribution in [3.05, 3.63) is 70.3 Å². The quantitative estimate of drug-likeness (QED) is 0.606. The van der Waals surface area contributed by atoms with Gasteiger partial charge in [-0.1, -0.05) is 48.2 Å². The molecule has 0 aromatic heterocycles. The topological polar surface area (TPSA) is 109 Å². The van der Waals surface area contributed by atoms with Crippen molar-refractivity contribution >= 4 is 23.6 Å². The molecule has 0 unspecified atom stereocenters. The first-order valence-electron chi connectivity index (χ1n) is 9.74. The second-order valence-corrected chi connectivity index (χ2v) is 7.74. The van der Waals surface area contributed by atoms with Crippen molar-refractivity contribution in [1.82, 2.24) is 5.32 Å². The van der Waals surface area contributed by atoms with Gasteiger partial charge in [-0.3, -0.25) is 9.59 Å². The molecule has 0 radical (unpaired) electrons. The minimum absolute atomic E-state index is 0.0101. The zero-order chi connectivity index (χ0) is 22.2. The number of nitrogens with one attached hydrogen (secondary N) is 1. The molecule has 1 heterocycles. The lowest BCUT2D eigenvalue weighted by Crippen LogP contribution is -2.31. The summed E-state index contributed by atoms with van der Waals surface area (Å²) in [7, 11) is 0. The number of carbonyl (C=O) groups is 2. The molecule has 1 amide bonds. The van der Waals surface area contributed by atoms with Gasteiger partial charge in [-0.15, -0.1) is 0 Å². The second-order valence-electron chi connectivity index (χ2n) is 6.75. The van der Waals surface area contributed by atoms with Gasteiger partial charge in [0, 0.05) is 12.3 Å². The molecule has 0 bridgehead atoms. The molecule has 31 heavy (non-hydrogen) atoms. The summed E-state index contributed by atoms with van der Waals surface area (Å²) in [5.74, 6) is -0.957. The van der Waals surface area contributed by atoms with Gasteiger partial charge in [0.25, 0.3) is 0 Å². The number of phenols is 1. The Kier molecular flexibility index (Phi) is 7.57. The SMILES string of the molecule is CCOc1cc([C@H]2CC(=O)NC(SCC(=O)OCc3ccccc3)=C2C#N)ccc1O. The Morgan fingerprint density at radius 2 is 2.06 bits per heavy atom. The average Bonchev–Trinajstić information content (AvgIpc) is 2.78. The van der Waals surface area contributed by atoms with Crippen molar-refractivity contribution in [1.29, 1.82) is 5.26 Å². The minimum Gasteiger partial charge on any atom is -0.504 e. The first kappa shape index (κ1) is 22.2. The van der Waals surface area contributed by atoms with Crippen LogP contribution in [0.1, 0.15) is 30.4 Å². The largest absolute Gasteiger partial charge is 0.504 e. The predicted molar refractivity (Wildman–Crippen MR) is 116 cm³/mol. The maximum Gasteiger partial charge on any atom is 0.316 e. The number of esters is 1. The number of hydrogen-bond acceptors (Lipinski definition) is 7. The Bertz CT molecular complexity index is 1030. The van der Waals surface area contributed by atoms with Crippen LogP contribution in [0.3, 0.4) is 0 Å². The van der Waals surface area contributed by atoms with Gasteiger partial charge in [0.2, 0.25) is 5.91 Å². The monoisotopic (exact) mass is 438 g/mol. The number of thioether (sulfide) groups is 1. The Morgan fingerprint density at radius 1 is 1.29 bits per heavy atom. The minimum atomic E-state index is -0.499. The number of ether oxygens (including phenoxy) is 2. The highest BCUT2D eigenvalue weighted by molar-refractivity contribution is 8.03. The summed E-state index contributed by atoms with van der Waals surface area (Å²) in [6.07, 6.45) is 0.0851. The smallest absolute Gasteiger partial charge is 0.316 e. The van der Waals surface area contributed by atoms with Crippen LogP contribution in [0.25, 0.3) is 0 Å². The number of allylic oxidation sites excluding steroid dienone is 1. The van der Waals surface area contributed by atoms with Gasteiger partial charge in [0.15, 0.2) is 11.5 Å². The van der Waals surface area contributed by atoms with E-state index in [0.29, 0.717) is 28.5 Å². The number of benzene rings is 2. The van der Waals surface area contributed by atoms with Crippen LogP contribution in [0.2, 0.25) is 0 Å². The maximum atomic E-state index is 12.3. The van der Waals surface area contributed by atoms with Crippen LogP contribution in [-0.2, 0) is 20.9 Å². The molecule has 0 aliphatic carbocycles. The van der Waals surface area contributed by atoms with Crippen molar-refractivity contribution in [2.45, 2.75) is 25.9 Å². The van der Waals surface area contributed by atoms with Crippen molar-refractivity contribution in [2.24, 2.45) is 0 Å². The van der Waals surface area contributed by atoms with Gasteiger partial charge in [-0.05, 0) is 30.2 Å². The summed E-state index contributed by atoms with van der Waals surface area (Å²) >= 11 is 1.06. The molecule has 2 aromatic rings. The highest BCUT2D eigenvalue weighted by Crippen LogP contribution is 2.39. The molecule has 3 rings (SSSR count). The number of rotatable bonds is 8. The lowest BCUT2D eigenvalue weighted by atomic mass is 9.87. The molecule has 0 spiro atoms. The number of amides is 1. The average molecular weight is 439 g/mol. The fraction of sp³-hybridized carbons (Fsp3) is 0.261. The van der Waals surface area contributed by atoms with E-state index >= 15 is 0 Å².